The molecule has 0 heterocycles. The summed E-state index contributed by atoms with van der Waals surface area (Å²) in [5, 5.41) is 8.84. The molecule has 3 heteroatoms. The molecule has 2 unspecified atom stereocenters. The first-order valence-corrected chi connectivity index (χ1v) is 5.64. The number of rotatable bonds is 2. The molecule has 0 spiro atoms. The first-order chi connectivity index (χ1) is 6.29. The molecule has 1 saturated carbocycles. The van der Waals surface area contributed by atoms with Crippen molar-refractivity contribution in [3.63, 3.8) is 0 Å². The Labute approximate surface area is 91.4 Å². The Morgan fingerprint density at radius 3 is 2.92 bits per heavy atom. The molecule has 2 aliphatic carbocycles. The molecular formula is C10H10INO. The van der Waals surface area contributed by atoms with Crippen LogP contribution in [0.2, 0.25) is 0 Å². The molecule has 0 bridgehead atoms. The quantitative estimate of drug-likeness (QED) is 0.577. The normalized spacial score (nSPS) is 32.2. The van der Waals surface area contributed by atoms with Gasteiger partial charge in [-0.25, -0.2) is 0 Å². The average Bonchev–Trinajstić information content (AvgIpc) is 2.92. The molecule has 0 N–H and O–H groups in total. The Hall–Kier alpha value is -0.500. The third-order valence-electron chi connectivity index (χ3n) is 2.11. The van der Waals surface area contributed by atoms with Gasteiger partial charge >= 0.3 is 0 Å². The number of alkyl halides is 1. The van der Waals surface area contributed by atoms with E-state index in [4.69, 9.17) is 10.00 Å². The SMILES string of the molecule is N#CC1C=C(OC2CC2)C=CC1I. The lowest BCUT2D eigenvalue weighted by Gasteiger charge is -2.15. The minimum Gasteiger partial charge on any atom is -0.491 e. The minimum absolute atomic E-state index is 0.0284. The fraction of sp³-hybridized carbons (Fsp3) is 0.500. The summed E-state index contributed by atoms with van der Waals surface area (Å²) in [4.78, 5) is 0. The summed E-state index contributed by atoms with van der Waals surface area (Å²) in [6.07, 6.45) is 8.68. The topological polar surface area (TPSA) is 33.0 Å². The molecule has 0 aromatic rings. The van der Waals surface area contributed by atoms with Gasteiger partial charge in [0.2, 0.25) is 0 Å². The zero-order valence-electron chi connectivity index (χ0n) is 7.11. The van der Waals surface area contributed by atoms with Gasteiger partial charge in [0, 0.05) is 3.92 Å². The standard InChI is InChI=1S/C10H10INO/c11-10-4-3-9(5-7(10)6-12)13-8-1-2-8/h3-5,7-8,10H,1-2H2. The van der Waals surface area contributed by atoms with Gasteiger partial charge in [0.15, 0.2) is 0 Å². The number of allylic oxidation sites excluding steroid dienone is 3. The molecule has 2 aliphatic rings. The van der Waals surface area contributed by atoms with Gasteiger partial charge in [0.25, 0.3) is 0 Å². The number of ether oxygens (including phenoxy) is 1. The maximum absolute atomic E-state index is 8.84. The van der Waals surface area contributed by atoms with Crippen molar-refractivity contribution in [1.29, 1.82) is 5.26 Å². The van der Waals surface area contributed by atoms with Gasteiger partial charge in [-0.15, -0.1) is 0 Å². The van der Waals surface area contributed by atoms with Crippen LogP contribution in [0.5, 0.6) is 0 Å². The summed E-state index contributed by atoms with van der Waals surface area (Å²) in [6, 6.07) is 2.26. The van der Waals surface area contributed by atoms with Crippen LogP contribution in [0.1, 0.15) is 12.8 Å². The van der Waals surface area contributed by atoms with E-state index >= 15 is 0 Å². The van der Waals surface area contributed by atoms with Crippen molar-refractivity contribution in [2.45, 2.75) is 22.9 Å². The Morgan fingerprint density at radius 2 is 2.31 bits per heavy atom. The lowest BCUT2D eigenvalue weighted by Crippen LogP contribution is -2.12. The van der Waals surface area contributed by atoms with Crippen LogP contribution >= 0.6 is 22.6 Å². The van der Waals surface area contributed by atoms with Crippen LogP contribution < -0.4 is 0 Å². The lowest BCUT2D eigenvalue weighted by atomic mass is 10.0. The second kappa shape index (κ2) is 3.70. The summed E-state index contributed by atoms with van der Waals surface area (Å²) in [6.45, 7) is 0. The van der Waals surface area contributed by atoms with Crippen molar-refractivity contribution < 1.29 is 4.74 Å². The van der Waals surface area contributed by atoms with Gasteiger partial charge in [0.1, 0.15) is 5.76 Å². The Bertz CT molecular complexity index is 299. The van der Waals surface area contributed by atoms with Crippen molar-refractivity contribution >= 4 is 22.6 Å². The van der Waals surface area contributed by atoms with Crippen LogP contribution in [0, 0.1) is 17.2 Å². The van der Waals surface area contributed by atoms with E-state index in [1.807, 2.05) is 18.2 Å². The summed E-state index contributed by atoms with van der Waals surface area (Å²) >= 11 is 2.27. The first-order valence-electron chi connectivity index (χ1n) is 4.40. The molecule has 1 fully saturated rings. The van der Waals surface area contributed by atoms with Crippen molar-refractivity contribution in [1.82, 2.24) is 0 Å². The van der Waals surface area contributed by atoms with Crippen LogP contribution in [0.15, 0.2) is 24.0 Å². The molecule has 68 valence electrons. The highest BCUT2D eigenvalue weighted by molar-refractivity contribution is 14.1. The van der Waals surface area contributed by atoms with Crippen LogP contribution in [-0.2, 0) is 4.74 Å². The minimum atomic E-state index is -0.0284. The van der Waals surface area contributed by atoms with E-state index in [0.29, 0.717) is 6.10 Å². The summed E-state index contributed by atoms with van der Waals surface area (Å²) in [7, 11) is 0. The fourth-order valence-corrected chi connectivity index (χ4v) is 1.77. The average molecular weight is 287 g/mol. The van der Waals surface area contributed by atoms with Crippen molar-refractivity contribution in [2.24, 2.45) is 5.92 Å². The summed E-state index contributed by atoms with van der Waals surface area (Å²) in [5.74, 6) is 0.848. The summed E-state index contributed by atoms with van der Waals surface area (Å²) < 4.78 is 5.89. The van der Waals surface area contributed by atoms with Crippen LogP contribution in [-0.4, -0.2) is 10.0 Å². The molecule has 0 amide bonds. The van der Waals surface area contributed by atoms with E-state index in [9.17, 15) is 0 Å². The molecule has 13 heavy (non-hydrogen) atoms. The van der Waals surface area contributed by atoms with Crippen LogP contribution in [0.3, 0.4) is 0 Å². The summed E-state index contributed by atoms with van der Waals surface area (Å²) in [5.41, 5.74) is 0. The second-order valence-corrected chi connectivity index (χ2v) is 4.78. The first kappa shape index (κ1) is 9.07. The number of hydrogen-bond acceptors (Lipinski definition) is 2. The van der Waals surface area contributed by atoms with Gasteiger partial charge in [-0.05, 0) is 25.0 Å². The van der Waals surface area contributed by atoms with Gasteiger partial charge in [-0.1, -0.05) is 28.7 Å². The molecule has 0 aromatic heterocycles. The predicted molar refractivity (Wildman–Crippen MR) is 58.2 cm³/mol. The number of halogens is 1. The number of nitrogens with zero attached hydrogens (tertiary/aromatic N) is 1. The number of hydrogen-bond donors (Lipinski definition) is 0. The largest absolute Gasteiger partial charge is 0.491 e. The number of nitriles is 1. The molecule has 0 aromatic carbocycles. The molecule has 0 aliphatic heterocycles. The molecule has 2 nitrogen and oxygen atoms in total. The molecule has 0 saturated heterocycles. The highest BCUT2D eigenvalue weighted by atomic mass is 127. The Morgan fingerprint density at radius 1 is 1.54 bits per heavy atom. The highest BCUT2D eigenvalue weighted by Gasteiger charge is 2.26. The van der Waals surface area contributed by atoms with E-state index in [2.05, 4.69) is 28.7 Å². The Kier molecular flexibility index (Phi) is 2.58. The monoisotopic (exact) mass is 287 g/mol. The van der Waals surface area contributed by atoms with E-state index in [0.717, 1.165) is 18.6 Å². The predicted octanol–water partition coefficient (Wildman–Crippen LogP) is 2.56. The van der Waals surface area contributed by atoms with E-state index in [1.54, 1.807) is 0 Å². The Balaban J connectivity index is 2.03. The van der Waals surface area contributed by atoms with E-state index in [1.165, 1.54) is 0 Å². The third-order valence-corrected chi connectivity index (χ3v) is 3.30. The van der Waals surface area contributed by atoms with Crippen LogP contribution in [0.4, 0.5) is 0 Å². The van der Waals surface area contributed by atoms with Gasteiger partial charge in [-0.2, -0.15) is 5.26 Å². The maximum Gasteiger partial charge on any atom is 0.116 e. The zero-order valence-corrected chi connectivity index (χ0v) is 9.27. The van der Waals surface area contributed by atoms with Crippen LogP contribution in [0.25, 0.3) is 0 Å². The van der Waals surface area contributed by atoms with Crippen molar-refractivity contribution in [2.75, 3.05) is 0 Å². The second-order valence-electron chi connectivity index (χ2n) is 3.34. The van der Waals surface area contributed by atoms with Crippen molar-refractivity contribution in [3.05, 3.63) is 24.0 Å². The van der Waals surface area contributed by atoms with Gasteiger partial charge in [0.05, 0.1) is 18.1 Å². The molecule has 0 radical (unpaired) electrons. The van der Waals surface area contributed by atoms with Gasteiger partial charge in [-0.3, -0.25) is 0 Å². The molecular weight excluding hydrogens is 277 g/mol. The fourth-order valence-electron chi connectivity index (χ4n) is 1.20. The lowest BCUT2D eigenvalue weighted by molar-refractivity contribution is 0.206. The smallest absolute Gasteiger partial charge is 0.116 e. The zero-order chi connectivity index (χ0) is 9.26. The van der Waals surface area contributed by atoms with Gasteiger partial charge < -0.3 is 4.74 Å². The van der Waals surface area contributed by atoms with E-state index < -0.39 is 0 Å². The third kappa shape index (κ3) is 2.25. The molecule has 2 atom stereocenters. The highest BCUT2D eigenvalue weighted by Crippen LogP contribution is 2.30. The van der Waals surface area contributed by atoms with Crippen molar-refractivity contribution in [3.8, 4) is 6.07 Å². The molecule has 2 rings (SSSR count). The van der Waals surface area contributed by atoms with E-state index in [-0.39, 0.29) is 9.84 Å². The maximum atomic E-state index is 8.84.